The summed E-state index contributed by atoms with van der Waals surface area (Å²) < 4.78 is 0. The lowest BCUT2D eigenvalue weighted by Crippen LogP contribution is -2.26. The van der Waals surface area contributed by atoms with E-state index < -0.39 is 0 Å². The summed E-state index contributed by atoms with van der Waals surface area (Å²) in [5.41, 5.74) is 2.41. The van der Waals surface area contributed by atoms with Gasteiger partial charge in [-0.1, -0.05) is 19.9 Å². The first-order valence-corrected chi connectivity index (χ1v) is 5.78. The molecule has 84 valence electrons. The molecule has 0 aliphatic heterocycles. The van der Waals surface area contributed by atoms with E-state index in [1.54, 1.807) is 0 Å². The summed E-state index contributed by atoms with van der Waals surface area (Å²) in [5, 5.41) is 3.54. The average Bonchev–Trinajstić information content (AvgIpc) is 2.17. The van der Waals surface area contributed by atoms with E-state index in [-0.39, 0.29) is 5.38 Å². The molecule has 1 N–H and O–H groups in total. The van der Waals surface area contributed by atoms with E-state index in [9.17, 15) is 0 Å². The molecular weight excluding hydrogens is 208 g/mol. The molecular formula is C12H19ClN2. The van der Waals surface area contributed by atoms with Crippen LogP contribution >= 0.6 is 11.6 Å². The lowest BCUT2D eigenvalue weighted by molar-refractivity contribution is 0.545. The molecule has 15 heavy (non-hydrogen) atoms. The number of nitrogens with zero attached hydrogens (tertiary/aromatic N) is 1. The van der Waals surface area contributed by atoms with Crippen molar-refractivity contribution in [3.63, 3.8) is 0 Å². The van der Waals surface area contributed by atoms with Gasteiger partial charge in [0.15, 0.2) is 0 Å². The molecule has 0 spiro atoms. The summed E-state index contributed by atoms with van der Waals surface area (Å²) in [4.78, 5) is 4.14. The van der Waals surface area contributed by atoms with Gasteiger partial charge in [0.25, 0.3) is 0 Å². The Bertz CT molecular complexity index is 299. The molecule has 1 heterocycles. The van der Waals surface area contributed by atoms with Crippen molar-refractivity contribution in [1.29, 1.82) is 0 Å². The predicted octanol–water partition coefficient (Wildman–Crippen LogP) is 2.74. The van der Waals surface area contributed by atoms with Crippen molar-refractivity contribution >= 4 is 11.6 Å². The number of pyridine rings is 1. The minimum Gasteiger partial charge on any atom is -0.311 e. The Kier molecular flexibility index (Phi) is 5.06. The van der Waals surface area contributed by atoms with Crippen molar-refractivity contribution in [2.75, 3.05) is 6.54 Å². The molecule has 3 heteroatoms. The van der Waals surface area contributed by atoms with Gasteiger partial charge in [-0.15, -0.1) is 11.6 Å². The van der Waals surface area contributed by atoms with E-state index >= 15 is 0 Å². The second-order valence-electron chi connectivity index (χ2n) is 4.26. The number of nitrogens with one attached hydrogen (secondary N) is 1. The number of hydrogen-bond acceptors (Lipinski definition) is 2. The lowest BCUT2D eigenvalue weighted by Gasteiger charge is -2.14. The third-order valence-corrected chi connectivity index (χ3v) is 2.98. The zero-order valence-electron chi connectivity index (χ0n) is 9.63. The molecule has 0 amide bonds. The maximum Gasteiger partial charge on any atom is 0.0483 e. The van der Waals surface area contributed by atoms with Crippen LogP contribution in [0.3, 0.4) is 0 Å². The van der Waals surface area contributed by atoms with Crippen LogP contribution in [0.25, 0.3) is 0 Å². The first kappa shape index (κ1) is 12.5. The van der Waals surface area contributed by atoms with Crippen LogP contribution in [0.1, 0.15) is 25.0 Å². The van der Waals surface area contributed by atoms with E-state index in [0.29, 0.717) is 5.92 Å². The molecule has 1 rings (SSSR count). The Morgan fingerprint density at radius 1 is 1.40 bits per heavy atom. The number of aryl methyl sites for hydroxylation is 1. The molecule has 0 saturated carbocycles. The molecule has 2 nitrogen and oxygen atoms in total. The highest BCUT2D eigenvalue weighted by Crippen LogP contribution is 2.08. The molecule has 0 aliphatic rings. The van der Waals surface area contributed by atoms with Crippen molar-refractivity contribution in [2.45, 2.75) is 32.7 Å². The van der Waals surface area contributed by atoms with E-state index in [1.807, 2.05) is 12.4 Å². The number of alkyl halides is 1. The van der Waals surface area contributed by atoms with Crippen LogP contribution < -0.4 is 5.32 Å². The normalized spacial score (nSPS) is 13.1. The molecule has 1 unspecified atom stereocenters. The van der Waals surface area contributed by atoms with Gasteiger partial charge in [0.2, 0.25) is 0 Å². The molecule has 0 aromatic carbocycles. The van der Waals surface area contributed by atoms with E-state index in [1.165, 1.54) is 11.1 Å². The first-order chi connectivity index (χ1) is 7.09. The first-order valence-electron chi connectivity index (χ1n) is 5.35. The van der Waals surface area contributed by atoms with Gasteiger partial charge in [0.1, 0.15) is 0 Å². The topological polar surface area (TPSA) is 24.9 Å². The molecule has 1 atom stereocenters. The van der Waals surface area contributed by atoms with Crippen molar-refractivity contribution in [3.05, 3.63) is 29.6 Å². The maximum atomic E-state index is 6.14. The molecule has 0 radical (unpaired) electrons. The second kappa shape index (κ2) is 6.09. The van der Waals surface area contributed by atoms with Crippen LogP contribution in [0, 0.1) is 12.8 Å². The monoisotopic (exact) mass is 226 g/mol. The van der Waals surface area contributed by atoms with Crippen molar-refractivity contribution in [3.8, 4) is 0 Å². The lowest BCUT2D eigenvalue weighted by atomic mass is 10.1. The fourth-order valence-corrected chi connectivity index (χ4v) is 1.41. The second-order valence-corrected chi connectivity index (χ2v) is 4.82. The fourth-order valence-electron chi connectivity index (χ4n) is 1.30. The highest BCUT2D eigenvalue weighted by atomic mass is 35.5. The number of halogens is 1. The third kappa shape index (κ3) is 4.63. The van der Waals surface area contributed by atoms with Gasteiger partial charge in [-0.2, -0.15) is 0 Å². The maximum absolute atomic E-state index is 6.14. The van der Waals surface area contributed by atoms with Gasteiger partial charge in [0, 0.05) is 30.9 Å². The van der Waals surface area contributed by atoms with Crippen molar-refractivity contribution < 1.29 is 0 Å². The Morgan fingerprint density at radius 2 is 2.13 bits per heavy atom. The number of hydrogen-bond donors (Lipinski definition) is 1. The van der Waals surface area contributed by atoms with E-state index in [0.717, 1.165) is 13.1 Å². The molecule has 0 aliphatic carbocycles. The van der Waals surface area contributed by atoms with Crippen LogP contribution in [0.5, 0.6) is 0 Å². The quantitative estimate of drug-likeness (QED) is 0.781. The van der Waals surface area contributed by atoms with Gasteiger partial charge < -0.3 is 5.32 Å². The molecule has 0 fully saturated rings. The van der Waals surface area contributed by atoms with Gasteiger partial charge in [-0.05, 0) is 24.0 Å². The Balaban J connectivity index is 2.32. The van der Waals surface area contributed by atoms with Crippen molar-refractivity contribution in [2.24, 2.45) is 5.92 Å². The van der Waals surface area contributed by atoms with E-state index in [4.69, 9.17) is 11.6 Å². The fraction of sp³-hybridized carbons (Fsp3) is 0.583. The van der Waals surface area contributed by atoms with Gasteiger partial charge in [-0.25, -0.2) is 0 Å². The molecule has 1 aromatic rings. The zero-order valence-corrected chi connectivity index (χ0v) is 10.4. The Hall–Kier alpha value is -0.600. The Morgan fingerprint density at radius 3 is 2.73 bits per heavy atom. The van der Waals surface area contributed by atoms with Crippen LogP contribution in [0.15, 0.2) is 18.5 Å². The standard InChI is InChI=1S/C12H19ClN2/c1-9(2)12(13)8-15-7-11-4-10(3)5-14-6-11/h4-6,9,12,15H,7-8H2,1-3H3. The average molecular weight is 227 g/mol. The predicted molar refractivity (Wildman–Crippen MR) is 65.2 cm³/mol. The summed E-state index contributed by atoms with van der Waals surface area (Å²) in [6, 6.07) is 2.14. The SMILES string of the molecule is Cc1cncc(CNCC(Cl)C(C)C)c1. The minimum absolute atomic E-state index is 0.197. The van der Waals surface area contributed by atoms with Crippen molar-refractivity contribution in [1.82, 2.24) is 10.3 Å². The van der Waals surface area contributed by atoms with Crippen LogP contribution in [-0.2, 0) is 6.54 Å². The highest BCUT2D eigenvalue weighted by Gasteiger charge is 2.08. The summed E-state index contributed by atoms with van der Waals surface area (Å²) in [7, 11) is 0. The van der Waals surface area contributed by atoms with Crippen LogP contribution in [-0.4, -0.2) is 16.9 Å². The highest BCUT2D eigenvalue weighted by molar-refractivity contribution is 6.20. The van der Waals surface area contributed by atoms with Gasteiger partial charge in [-0.3, -0.25) is 4.98 Å². The molecule has 0 saturated heterocycles. The third-order valence-electron chi connectivity index (χ3n) is 2.32. The summed E-state index contributed by atoms with van der Waals surface area (Å²) >= 11 is 6.14. The minimum atomic E-state index is 0.197. The van der Waals surface area contributed by atoms with Crippen LogP contribution in [0.2, 0.25) is 0 Å². The number of aromatic nitrogens is 1. The summed E-state index contributed by atoms with van der Waals surface area (Å²) in [6.45, 7) is 7.99. The van der Waals surface area contributed by atoms with Gasteiger partial charge in [0.05, 0.1) is 0 Å². The Labute approximate surface area is 97.1 Å². The van der Waals surface area contributed by atoms with E-state index in [2.05, 4.69) is 37.1 Å². The zero-order chi connectivity index (χ0) is 11.3. The smallest absolute Gasteiger partial charge is 0.0483 e. The number of rotatable bonds is 5. The summed E-state index contributed by atoms with van der Waals surface area (Å²) in [6.07, 6.45) is 3.75. The molecule has 0 bridgehead atoms. The molecule has 1 aromatic heterocycles. The van der Waals surface area contributed by atoms with Gasteiger partial charge >= 0.3 is 0 Å². The summed E-state index contributed by atoms with van der Waals surface area (Å²) in [5.74, 6) is 0.509. The largest absolute Gasteiger partial charge is 0.311 e. The van der Waals surface area contributed by atoms with Crippen LogP contribution in [0.4, 0.5) is 0 Å².